The predicted octanol–water partition coefficient (Wildman–Crippen LogP) is 2.26. The highest BCUT2D eigenvalue weighted by Gasteiger charge is 2.12. The van der Waals surface area contributed by atoms with Gasteiger partial charge in [-0.15, -0.1) is 0 Å². The van der Waals surface area contributed by atoms with E-state index in [1.54, 1.807) is 7.11 Å². The van der Waals surface area contributed by atoms with Crippen molar-refractivity contribution in [3.8, 4) is 0 Å². The Morgan fingerprint density at radius 2 is 2.00 bits per heavy atom. The number of allylic oxidation sites excluding steroid dienone is 1. The van der Waals surface area contributed by atoms with E-state index in [2.05, 4.69) is 37.2 Å². The second kappa shape index (κ2) is 6.58. The number of ether oxygens (including phenoxy) is 1. The van der Waals surface area contributed by atoms with Crippen LogP contribution in [0.5, 0.6) is 0 Å². The van der Waals surface area contributed by atoms with Gasteiger partial charge in [-0.1, -0.05) is 27.4 Å². The van der Waals surface area contributed by atoms with Crippen LogP contribution in [0.3, 0.4) is 0 Å². The maximum atomic E-state index is 5.10. The molecular weight excluding hydrogens is 192 g/mol. The molecule has 0 bridgehead atoms. The van der Waals surface area contributed by atoms with Crippen LogP contribution in [-0.2, 0) is 9.57 Å². The van der Waals surface area contributed by atoms with E-state index in [0.29, 0.717) is 18.9 Å². The lowest BCUT2D eigenvalue weighted by Gasteiger charge is -2.17. The first-order valence-corrected chi connectivity index (χ1v) is 5.00. The van der Waals surface area contributed by atoms with Gasteiger partial charge < -0.3 is 9.57 Å². The van der Waals surface area contributed by atoms with Crippen LogP contribution in [-0.4, -0.2) is 19.6 Å². The minimum atomic E-state index is 0.168. The molecule has 0 aromatic heterocycles. The summed E-state index contributed by atoms with van der Waals surface area (Å²) in [6.45, 7) is 10.8. The van der Waals surface area contributed by atoms with E-state index in [0.717, 1.165) is 12.1 Å². The van der Waals surface area contributed by atoms with Crippen LogP contribution >= 0.6 is 0 Å². The molecule has 0 aromatic rings. The minimum absolute atomic E-state index is 0.168. The average Bonchev–Trinajstić information content (AvgIpc) is 2.09. The van der Waals surface area contributed by atoms with Crippen LogP contribution < -0.4 is 5.90 Å². The lowest BCUT2D eigenvalue weighted by atomic mass is 9.91. The van der Waals surface area contributed by atoms with Gasteiger partial charge in [-0.25, -0.2) is 4.99 Å². The molecule has 2 N–H and O–H groups in total. The topological polar surface area (TPSA) is 56.8 Å². The molecule has 0 aromatic carbocycles. The SMILES string of the molecule is C=C(CC(C)(C)C)/N=C(/CCOC)ON. The Hall–Kier alpha value is -0.870. The zero-order valence-corrected chi connectivity index (χ0v) is 10.2. The zero-order valence-electron chi connectivity index (χ0n) is 10.2. The lowest BCUT2D eigenvalue weighted by molar-refractivity contribution is 0.197. The van der Waals surface area contributed by atoms with Gasteiger partial charge in [-0.05, 0) is 11.8 Å². The van der Waals surface area contributed by atoms with Crippen molar-refractivity contribution >= 4 is 5.90 Å². The number of aliphatic imine (C=N–C) groups is 1. The number of rotatable bonds is 5. The number of hydrogen-bond donors (Lipinski definition) is 1. The van der Waals surface area contributed by atoms with Crippen molar-refractivity contribution in [1.29, 1.82) is 0 Å². The molecule has 0 atom stereocenters. The molecule has 4 nitrogen and oxygen atoms in total. The van der Waals surface area contributed by atoms with Crippen molar-refractivity contribution in [3.63, 3.8) is 0 Å². The van der Waals surface area contributed by atoms with Crippen molar-refractivity contribution in [2.24, 2.45) is 16.3 Å². The molecule has 0 fully saturated rings. The number of nitrogens with two attached hydrogens (primary N) is 1. The largest absolute Gasteiger partial charge is 0.396 e. The molecule has 88 valence electrons. The summed E-state index contributed by atoms with van der Waals surface area (Å²) in [5, 5.41) is 0. The van der Waals surface area contributed by atoms with Crippen LogP contribution in [0.2, 0.25) is 0 Å². The highest BCUT2D eigenvalue weighted by molar-refractivity contribution is 5.76. The number of nitrogens with zero attached hydrogens (tertiary/aromatic N) is 1. The Balaban J connectivity index is 4.23. The summed E-state index contributed by atoms with van der Waals surface area (Å²) in [7, 11) is 1.62. The number of hydrogen-bond acceptors (Lipinski definition) is 4. The van der Waals surface area contributed by atoms with Crippen molar-refractivity contribution < 1.29 is 9.57 Å². The van der Waals surface area contributed by atoms with E-state index in [1.807, 2.05) is 0 Å². The summed E-state index contributed by atoms with van der Waals surface area (Å²) in [5.41, 5.74) is 0.945. The van der Waals surface area contributed by atoms with E-state index in [1.165, 1.54) is 0 Å². The van der Waals surface area contributed by atoms with Crippen molar-refractivity contribution in [2.75, 3.05) is 13.7 Å². The van der Waals surface area contributed by atoms with E-state index >= 15 is 0 Å². The van der Waals surface area contributed by atoms with Gasteiger partial charge in [-0.3, -0.25) is 0 Å². The molecule has 15 heavy (non-hydrogen) atoms. The van der Waals surface area contributed by atoms with Crippen LogP contribution in [0.1, 0.15) is 33.6 Å². The van der Waals surface area contributed by atoms with Crippen molar-refractivity contribution in [3.05, 3.63) is 12.3 Å². The Morgan fingerprint density at radius 3 is 2.40 bits per heavy atom. The van der Waals surface area contributed by atoms with Crippen LogP contribution in [0.15, 0.2) is 17.3 Å². The Labute approximate surface area is 92.1 Å². The third-order valence-corrected chi connectivity index (χ3v) is 1.67. The fourth-order valence-corrected chi connectivity index (χ4v) is 1.16. The molecular formula is C11H22N2O2. The summed E-state index contributed by atoms with van der Waals surface area (Å²) in [6, 6.07) is 0. The molecule has 0 spiro atoms. The zero-order chi connectivity index (χ0) is 11.9. The predicted molar refractivity (Wildman–Crippen MR) is 62.4 cm³/mol. The standard InChI is InChI=1S/C11H22N2O2/c1-9(8-11(2,3)4)13-10(15-12)6-7-14-5/h1,6-8,12H2,2-5H3/b13-10-. The minimum Gasteiger partial charge on any atom is -0.396 e. The maximum absolute atomic E-state index is 5.10. The third kappa shape index (κ3) is 8.15. The molecule has 0 unspecified atom stereocenters. The Kier molecular flexibility index (Phi) is 6.20. The van der Waals surface area contributed by atoms with Gasteiger partial charge in [0.25, 0.3) is 0 Å². The molecule has 4 heteroatoms. The Bertz CT molecular complexity index is 229. The highest BCUT2D eigenvalue weighted by Crippen LogP contribution is 2.23. The van der Waals surface area contributed by atoms with E-state index in [-0.39, 0.29) is 5.41 Å². The molecule has 0 aliphatic carbocycles. The van der Waals surface area contributed by atoms with Gasteiger partial charge in [0.05, 0.1) is 6.61 Å². The fraction of sp³-hybridized carbons (Fsp3) is 0.727. The summed E-state index contributed by atoms with van der Waals surface area (Å²) in [6.07, 6.45) is 1.38. The molecule has 0 amide bonds. The lowest BCUT2D eigenvalue weighted by Crippen LogP contribution is -2.14. The second-order valence-electron chi connectivity index (χ2n) is 4.67. The van der Waals surface area contributed by atoms with Crippen molar-refractivity contribution in [2.45, 2.75) is 33.6 Å². The smallest absolute Gasteiger partial charge is 0.215 e. The monoisotopic (exact) mass is 214 g/mol. The summed E-state index contributed by atoms with van der Waals surface area (Å²) < 4.78 is 4.91. The van der Waals surface area contributed by atoms with Gasteiger partial charge in [0.1, 0.15) is 0 Å². The van der Waals surface area contributed by atoms with E-state index in [4.69, 9.17) is 10.6 Å². The van der Waals surface area contributed by atoms with Crippen LogP contribution in [0.4, 0.5) is 0 Å². The van der Waals surface area contributed by atoms with E-state index in [9.17, 15) is 0 Å². The summed E-state index contributed by atoms with van der Waals surface area (Å²) in [5.74, 6) is 5.56. The normalized spacial score (nSPS) is 12.7. The van der Waals surface area contributed by atoms with Crippen molar-refractivity contribution in [1.82, 2.24) is 0 Å². The summed E-state index contributed by atoms with van der Waals surface area (Å²) >= 11 is 0. The van der Waals surface area contributed by atoms with Gasteiger partial charge in [0, 0.05) is 19.2 Å². The highest BCUT2D eigenvalue weighted by atomic mass is 16.6. The second-order valence-corrected chi connectivity index (χ2v) is 4.67. The first kappa shape index (κ1) is 14.1. The third-order valence-electron chi connectivity index (χ3n) is 1.67. The molecule has 0 aliphatic heterocycles. The van der Waals surface area contributed by atoms with Gasteiger partial charge in [-0.2, -0.15) is 5.90 Å². The average molecular weight is 214 g/mol. The van der Waals surface area contributed by atoms with Crippen LogP contribution in [0.25, 0.3) is 0 Å². The molecule has 0 radical (unpaired) electrons. The molecule has 0 saturated heterocycles. The molecule has 0 heterocycles. The van der Waals surface area contributed by atoms with Gasteiger partial charge in [0.15, 0.2) is 0 Å². The number of methoxy groups -OCH3 is 1. The Morgan fingerprint density at radius 1 is 1.40 bits per heavy atom. The molecule has 0 saturated carbocycles. The first-order valence-electron chi connectivity index (χ1n) is 5.00. The van der Waals surface area contributed by atoms with Gasteiger partial charge in [0.2, 0.25) is 5.90 Å². The fourth-order valence-electron chi connectivity index (χ4n) is 1.16. The van der Waals surface area contributed by atoms with E-state index < -0.39 is 0 Å². The summed E-state index contributed by atoms with van der Waals surface area (Å²) in [4.78, 5) is 8.86. The maximum Gasteiger partial charge on any atom is 0.215 e. The molecule has 0 rings (SSSR count). The first-order chi connectivity index (χ1) is 6.89. The van der Waals surface area contributed by atoms with Gasteiger partial charge >= 0.3 is 0 Å². The molecule has 0 aliphatic rings. The quantitative estimate of drug-likeness (QED) is 0.434. The van der Waals surface area contributed by atoms with Crippen LogP contribution in [0, 0.1) is 5.41 Å².